The molecular formula is C27H45N3O19. The smallest absolute Gasteiger partial charge is 0.364 e. The summed E-state index contributed by atoms with van der Waals surface area (Å²) in [5.74, 6) is -6.92. The first-order chi connectivity index (χ1) is 22.9. The number of hydrogen-bond donors (Lipinski definition) is 13. The standard InChI is InChI=1S/C27H45N3O19/c1-8(33)28-15-11(36)4-27(26(43)44,49-23(15)18(38)12(37)5-31)45-7-14-20(40)22(17(24(42)46-14)30-10(3)35)48-25-16(29-9(2)34)21(41)19(39)13(6-32)47-25/h11-25,31-32,36-42H,4-7H2,1-3H3,(H,28,33)(H,29,34)(H,30,35)(H,43,44)/t11-,12+,13+,14+,15+,16+,17+,18+,19-,20-,21+,22+,23+,24?,25+,27+/m0/s1. The number of aliphatic carboxylic acids is 1. The Bertz CT molecular complexity index is 1170. The second-order valence-electron chi connectivity index (χ2n) is 12.0. The van der Waals surface area contributed by atoms with Crippen molar-refractivity contribution in [2.45, 2.75) is 125 Å². The number of carboxylic acids is 1. The van der Waals surface area contributed by atoms with Crippen LogP contribution in [0.2, 0.25) is 0 Å². The minimum absolute atomic E-state index is 0.711. The van der Waals surface area contributed by atoms with E-state index in [4.69, 9.17) is 23.7 Å². The number of ether oxygens (including phenoxy) is 5. The molecule has 0 aliphatic carbocycles. The summed E-state index contributed by atoms with van der Waals surface area (Å²) < 4.78 is 27.8. The van der Waals surface area contributed by atoms with Crippen LogP contribution in [0.4, 0.5) is 0 Å². The number of carboxylic acid groups (broad SMARTS) is 1. The molecule has 0 radical (unpaired) electrons. The van der Waals surface area contributed by atoms with E-state index in [1.54, 1.807) is 0 Å². The molecule has 3 aliphatic rings. The molecule has 0 aromatic heterocycles. The van der Waals surface area contributed by atoms with Crippen molar-refractivity contribution in [3.63, 3.8) is 0 Å². The Labute approximate surface area is 278 Å². The lowest BCUT2D eigenvalue weighted by Crippen LogP contribution is -2.70. The Balaban J connectivity index is 1.92. The lowest BCUT2D eigenvalue weighted by molar-refractivity contribution is -0.342. The molecule has 3 saturated heterocycles. The maximum Gasteiger partial charge on any atom is 0.364 e. The number of amides is 3. The van der Waals surface area contributed by atoms with E-state index in [1.165, 1.54) is 0 Å². The molecule has 0 aromatic carbocycles. The third kappa shape index (κ3) is 9.36. The van der Waals surface area contributed by atoms with Crippen molar-refractivity contribution in [3.8, 4) is 0 Å². The van der Waals surface area contributed by atoms with Crippen LogP contribution in [0.5, 0.6) is 0 Å². The summed E-state index contributed by atoms with van der Waals surface area (Å²) in [7, 11) is 0. The number of nitrogens with one attached hydrogen (secondary N) is 3. The zero-order valence-electron chi connectivity index (χ0n) is 26.6. The zero-order valence-corrected chi connectivity index (χ0v) is 26.6. The number of aliphatic hydroxyl groups is 9. The zero-order chi connectivity index (χ0) is 37.0. The minimum atomic E-state index is -2.86. The molecule has 13 N–H and O–H groups in total. The Hall–Kier alpha value is -2.68. The van der Waals surface area contributed by atoms with Crippen LogP contribution in [-0.4, -0.2) is 192 Å². The SMILES string of the molecule is CC(=O)N[C@H]1[C@@H](O[C@H]2[C@@H](O)[C@@H](CO[C@]3(C(=O)O)C[C@H](O)[C@@H](NC(C)=O)[C@H]([C@H](O)[C@H](O)CO)O3)OC(O)[C@@H]2NC(C)=O)O[C@H](CO)[C@H](O)[C@@H]1O. The largest absolute Gasteiger partial charge is 0.477 e. The van der Waals surface area contributed by atoms with Crippen LogP contribution in [-0.2, 0) is 42.9 Å². The van der Waals surface area contributed by atoms with Gasteiger partial charge in [-0.1, -0.05) is 0 Å². The van der Waals surface area contributed by atoms with Gasteiger partial charge in [-0.15, -0.1) is 0 Å². The van der Waals surface area contributed by atoms with E-state index in [-0.39, 0.29) is 0 Å². The van der Waals surface area contributed by atoms with Crippen molar-refractivity contribution in [1.29, 1.82) is 0 Å². The highest BCUT2D eigenvalue weighted by Crippen LogP contribution is 2.35. The highest BCUT2D eigenvalue weighted by atomic mass is 16.7. The van der Waals surface area contributed by atoms with Gasteiger partial charge in [0.05, 0.1) is 32.0 Å². The maximum atomic E-state index is 12.5. The summed E-state index contributed by atoms with van der Waals surface area (Å²) in [4.78, 5) is 48.2. The van der Waals surface area contributed by atoms with Gasteiger partial charge < -0.3 is 90.7 Å². The Morgan fingerprint density at radius 2 is 1.39 bits per heavy atom. The molecule has 282 valence electrons. The van der Waals surface area contributed by atoms with E-state index in [1.807, 2.05) is 0 Å². The molecule has 49 heavy (non-hydrogen) atoms. The molecule has 16 atom stereocenters. The van der Waals surface area contributed by atoms with Gasteiger partial charge in [-0.3, -0.25) is 14.4 Å². The molecule has 22 heteroatoms. The van der Waals surface area contributed by atoms with E-state index < -0.39 is 147 Å². The van der Waals surface area contributed by atoms with Gasteiger partial charge in [0.25, 0.3) is 5.79 Å². The van der Waals surface area contributed by atoms with E-state index in [2.05, 4.69) is 16.0 Å². The molecule has 0 aromatic rings. The predicted octanol–water partition coefficient (Wildman–Crippen LogP) is -7.94. The summed E-state index contributed by atoms with van der Waals surface area (Å²) in [5, 5.41) is 111. The Morgan fingerprint density at radius 1 is 0.816 bits per heavy atom. The number of carbonyl (C=O) groups is 4. The second-order valence-corrected chi connectivity index (χ2v) is 12.0. The molecule has 0 bridgehead atoms. The first-order valence-electron chi connectivity index (χ1n) is 15.2. The van der Waals surface area contributed by atoms with Crippen molar-refractivity contribution in [1.82, 2.24) is 16.0 Å². The topological polar surface area (TPSA) is 353 Å². The lowest BCUT2D eigenvalue weighted by Gasteiger charge is -2.49. The third-order valence-corrected chi connectivity index (χ3v) is 8.27. The van der Waals surface area contributed by atoms with Gasteiger partial charge in [0.1, 0.15) is 67.0 Å². The summed E-state index contributed by atoms with van der Waals surface area (Å²) in [6, 6.07) is -4.60. The average Bonchev–Trinajstić information content (AvgIpc) is 3.02. The highest BCUT2D eigenvalue weighted by molar-refractivity contribution is 5.76. The quantitative estimate of drug-likeness (QED) is 0.0842. The van der Waals surface area contributed by atoms with Crippen LogP contribution >= 0.6 is 0 Å². The lowest BCUT2D eigenvalue weighted by atomic mass is 9.88. The van der Waals surface area contributed by atoms with Gasteiger partial charge >= 0.3 is 5.97 Å². The molecular weight excluding hydrogens is 670 g/mol. The first kappa shape index (κ1) is 40.7. The minimum Gasteiger partial charge on any atom is -0.477 e. The van der Waals surface area contributed by atoms with Crippen molar-refractivity contribution < 1.29 is 93.9 Å². The fourth-order valence-electron chi connectivity index (χ4n) is 5.86. The van der Waals surface area contributed by atoms with Crippen molar-refractivity contribution in [2.24, 2.45) is 0 Å². The predicted molar refractivity (Wildman–Crippen MR) is 153 cm³/mol. The second kappa shape index (κ2) is 17.0. The van der Waals surface area contributed by atoms with Gasteiger partial charge in [-0.2, -0.15) is 0 Å². The van der Waals surface area contributed by atoms with E-state index in [9.17, 15) is 70.2 Å². The fraction of sp³-hybridized carbons (Fsp3) is 0.852. The van der Waals surface area contributed by atoms with E-state index in [0.717, 1.165) is 20.8 Å². The summed E-state index contributed by atoms with van der Waals surface area (Å²) >= 11 is 0. The van der Waals surface area contributed by atoms with Crippen LogP contribution in [0.15, 0.2) is 0 Å². The van der Waals surface area contributed by atoms with Gasteiger partial charge in [0, 0.05) is 27.2 Å². The molecule has 1 unspecified atom stereocenters. The van der Waals surface area contributed by atoms with E-state index in [0.29, 0.717) is 0 Å². The summed E-state index contributed by atoms with van der Waals surface area (Å²) in [6.45, 7) is 0.360. The van der Waals surface area contributed by atoms with Gasteiger partial charge in [0.15, 0.2) is 12.6 Å². The number of rotatable bonds is 13. The van der Waals surface area contributed by atoms with Gasteiger partial charge in [0.2, 0.25) is 17.7 Å². The molecule has 3 fully saturated rings. The maximum absolute atomic E-state index is 12.5. The fourth-order valence-corrected chi connectivity index (χ4v) is 5.86. The van der Waals surface area contributed by atoms with Gasteiger partial charge in [-0.25, -0.2) is 4.79 Å². The summed E-state index contributed by atoms with van der Waals surface area (Å²) in [6.07, 6.45) is -22.7. The third-order valence-electron chi connectivity index (χ3n) is 8.27. The number of carbonyl (C=O) groups excluding carboxylic acids is 3. The molecule has 0 saturated carbocycles. The van der Waals surface area contributed by atoms with Crippen LogP contribution < -0.4 is 16.0 Å². The van der Waals surface area contributed by atoms with Crippen LogP contribution in [0.25, 0.3) is 0 Å². The van der Waals surface area contributed by atoms with E-state index >= 15 is 0 Å². The average molecular weight is 716 g/mol. The summed E-state index contributed by atoms with van der Waals surface area (Å²) in [5.41, 5.74) is 0. The highest BCUT2D eigenvalue weighted by Gasteiger charge is 2.57. The molecule has 22 nitrogen and oxygen atoms in total. The normalized spacial score (nSPS) is 40.9. The van der Waals surface area contributed by atoms with Crippen molar-refractivity contribution >= 4 is 23.7 Å². The molecule has 3 rings (SSSR count). The Morgan fingerprint density at radius 3 is 1.92 bits per heavy atom. The monoisotopic (exact) mass is 715 g/mol. The molecule has 3 heterocycles. The molecule has 3 amide bonds. The van der Waals surface area contributed by atoms with Crippen molar-refractivity contribution in [3.05, 3.63) is 0 Å². The Kier molecular flexibility index (Phi) is 14.2. The van der Waals surface area contributed by atoms with Gasteiger partial charge in [-0.05, 0) is 0 Å². The molecule has 3 aliphatic heterocycles. The van der Waals surface area contributed by atoms with Crippen molar-refractivity contribution in [2.75, 3.05) is 19.8 Å². The van der Waals surface area contributed by atoms with Crippen LogP contribution in [0.1, 0.15) is 27.2 Å². The first-order valence-corrected chi connectivity index (χ1v) is 15.2. The number of hydrogen-bond acceptors (Lipinski definition) is 18. The van der Waals surface area contributed by atoms with Crippen LogP contribution in [0, 0.1) is 0 Å². The van der Waals surface area contributed by atoms with Crippen LogP contribution in [0.3, 0.4) is 0 Å². The molecule has 0 spiro atoms. The number of aliphatic hydroxyl groups excluding tert-OH is 9.